The third-order valence-corrected chi connectivity index (χ3v) is 1.13. The summed E-state index contributed by atoms with van der Waals surface area (Å²) in [7, 11) is 0. The predicted molar refractivity (Wildman–Crippen MR) is 41.8 cm³/mol. The summed E-state index contributed by atoms with van der Waals surface area (Å²) in [5.41, 5.74) is 0.383. The van der Waals surface area contributed by atoms with Gasteiger partial charge in [-0.1, -0.05) is 17.7 Å². The van der Waals surface area contributed by atoms with Crippen LogP contribution in [0.2, 0.25) is 0 Å². The molecule has 1 heterocycles. The van der Waals surface area contributed by atoms with Gasteiger partial charge >= 0.3 is 5.97 Å². The quantitative estimate of drug-likeness (QED) is 0.503. The van der Waals surface area contributed by atoms with E-state index in [1.807, 2.05) is 4.89 Å². The van der Waals surface area contributed by atoms with Gasteiger partial charge in [0.05, 0.1) is 5.56 Å². The average molecular weight is 170 g/mol. The van der Waals surface area contributed by atoms with Crippen molar-refractivity contribution in [2.75, 3.05) is 0 Å². The van der Waals surface area contributed by atoms with E-state index in [-0.39, 0.29) is 0 Å². The highest BCUT2D eigenvalue weighted by atomic mass is 32.1. The summed E-state index contributed by atoms with van der Waals surface area (Å²) in [6.07, 6.45) is 2.98. The topological polar surface area (TPSA) is 51.2 Å². The largest absolute Gasteiger partial charge is 0.359 e. The van der Waals surface area contributed by atoms with Gasteiger partial charge in [-0.25, -0.2) is 4.79 Å². The lowest BCUT2D eigenvalue weighted by molar-refractivity contribution is 0.0429. The molecule has 1 aromatic rings. The van der Waals surface area contributed by atoms with E-state index in [9.17, 15) is 4.79 Å². The molecule has 0 spiro atoms. The van der Waals surface area contributed by atoms with Gasteiger partial charge < -0.3 is 4.84 Å². The Morgan fingerprint density at radius 1 is 1.73 bits per heavy atom. The minimum atomic E-state index is -0.506. The van der Waals surface area contributed by atoms with E-state index in [2.05, 4.69) is 22.6 Å². The van der Waals surface area contributed by atoms with E-state index in [0.29, 0.717) is 5.56 Å². The van der Waals surface area contributed by atoms with Crippen LogP contribution in [0.5, 0.6) is 0 Å². The van der Waals surface area contributed by atoms with E-state index in [1.165, 1.54) is 6.20 Å². The van der Waals surface area contributed by atoms with E-state index >= 15 is 0 Å². The monoisotopic (exact) mass is 170 g/mol. The summed E-state index contributed by atoms with van der Waals surface area (Å²) in [4.78, 5) is 21.0. The number of aromatic nitrogens is 1. The molecule has 0 atom stereocenters. The van der Waals surface area contributed by atoms with Crippen LogP contribution in [-0.2, 0) is 4.84 Å². The smallest absolute Gasteiger partial charge is 0.356 e. The number of carbonyl (C=O) groups is 1. The summed E-state index contributed by atoms with van der Waals surface area (Å²) in [6.45, 7) is 0. The Kier molecular flexibility index (Phi) is 2.88. The zero-order valence-electron chi connectivity index (χ0n) is 5.52. The van der Waals surface area contributed by atoms with Gasteiger partial charge in [0.1, 0.15) is 0 Å². The third-order valence-electron chi connectivity index (χ3n) is 1.04. The van der Waals surface area contributed by atoms with E-state index < -0.39 is 5.97 Å². The highest BCUT2D eigenvalue weighted by Gasteiger charge is 2.04. The van der Waals surface area contributed by atoms with Gasteiger partial charge in [-0.05, 0) is 12.1 Å². The van der Waals surface area contributed by atoms with Gasteiger partial charge in [-0.15, -0.1) is 0 Å². The van der Waals surface area contributed by atoms with Crippen LogP contribution < -0.4 is 4.89 Å². The molecular formula is C6H6N2O2S. The number of hydrogen-bond acceptors (Lipinski definition) is 5. The van der Waals surface area contributed by atoms with Crippen molar-refractivity contribution >= 4 is 18.8 Å². The van der Waals surface area contributed by atoms with Gasteiger partial charge in [0.2, 0.25) is 0 Å². The summed E-state index contributed by atoms with van der Waals surface area (Å²) in [6, 6.07) is 3.25. The second-order valence-corrected chi connectivity index (χ2v) is 1.91. The molecule has 1 N–H and O–H groups in total. The van der Waals surface area contributed by atoms with Crippen molar-refractivity contribution < 1.29 is 9.63 Å². The lowest BCUT2D eigenvalue weighted by atomic mass is 10.3. The van der Waals surface area contributed by atoms with Crippen molar-refractivity contribution in [3.8, 4) is 0 Å². The first-order valence-corrected chi connectivity index (χ1v) is 3.29. The normalized spacial score (nSPS) is 9.18. The van der Waals surface area contributed by atoms with Crippen LogP contribution in [-0.4, -0.2) is 11.0 Å². The molecule has 0 saturated carbocycles. The predicted octanol–water partition coefficient (Wildman–Crippen LogP) is 0.588. The highest BCUT2D eigenvalue weighted by Crippen LogP contribution is 1.96. The Hall–Kier alpha value is -1.07. The van der Waals surface area contributed by atoms with Crippen molar-refractivity contribution in [3.05, 3.63) is 30.1 Å². The van der Waals surface area contributed by atoms with E-state index in [1.54, 1.807) is 18.3 Å². The number of nitrogens with one attached hydrogen (secondary N) is 1. The van der Waals surface area contributed by atoms with Gasteiger partial charge in [-0.2, -0.15) is 0 Å². The fourth-order valence-electron chi connectivity index (χ4n) is 0.584. The standard InChI is InChI=1S/C6H6N2O2S/c9-6(10-8-11)5-2-1-3-7-4-5/h1-4,8,11H. The minimum Gasteiger partial charge on any atom is -0.356 e. The maximum Gasteiger partial charge on any atom is 0.359 e. The summed E-state index contributed by atoms with van der Waals surface area (Å²) in [5, 5.41) is 0. The molecule has 0 saturated heterocycles. The molecule has 0 aliphatic rings. The van der Waals surface area contributed by atoms with Crippen LogP contribution in [0.25, 0.3) is 0 Å². The van der Waals surface area contributed by atoms with Crippen molar-refractivity contribution in [2.24, 2.45) is 0 Å². The second-order valence-electron chi connectivity index (χ2n) is 1.72. The van der Waals surface area contributed by atoms with Gasteiger partial charge in [0.25, 0.3) is 0 Å². The number of nitrogens with zero attached hydrogens (tertiary/aromatic N) is 1. The van der Waals surface area contributed by atoms with Gasteiger partial charge in [0.15, 0.2) is 0 Å². The first kappa shape index (κ1) is 8.03. The first-order chi connectivity index (χ1) is 5.34. The summed E-state index contributed by atoms with van der Waals surface area (Å²) < 4.78 is 0. The Morgan fingerprint density at radius 2 is 2.55 bits per heavy atom. The molecular weight excluding hydrogens is 164 g/mol. The molecule has 0 aliphatic heterocycles. The second kappa shape index (κ2) is 3.95. The van der Waals surface area contributed by atoms with E-state index in [0.717, 1.165) is 0 Å². The molecule has 1 rings (SSSR count). The third kappa shape index (κ3) is 2.21. The number of pyridine rings is 1. The Bertz CT molecular complexity index is 240. The fourth-order valence-corrected chi connectivity index (χ4v) is 0.667. The summed E-state index contributed by atoms with van der Waals surface area (Å²) in [5.74, 6) is -0.506. The minimum absolute atomic E-state index is 0.383. The van der Waals surface area contributed by atoms with Crippen LogP contribution in [0.4, 0.5) is 0 Å². The lowest BCUT2D eigenvalue weighted by Gasteiger charge is -1.97. The Balaban J connectivity index is 2.69. The molecule has 1 aromatic heterocycles. The lowest BCUT2D eigenvalue weighted by Crippen LogP contribution is -2.11. The molecule has 0 bridgehead atoms. The molecule has 0 aliphatic carbocycles. The van der Waals surface area contributed by atoms with Crippen LogP contribution in [0, 0.1) is 0 Å². The van der Waals surface area contributed by atoms with Crippen molar-refractivity contribution in [3.63, 3.8) is 0 Å². The number of rotatable bonds is 2. The molecule has 0 amide bonds. The van der Waals surface area contributed by atoms with Crippen LogP contribution in [0.3, 0.4) is 0 Å². The molecule has 0 aromatic carbocycles. The average Bonchev–Trinajstić information content (AvgIpc) is 2.07. The first-order valence-electron chi connectivity index (χ1n) is 2.85. The number of thiol groups is 1. The molecule has 11 heavy (non-hydrogen) atoms. The zero-order valence-corrected chi connectivity index (χ0v) is 6.41. The molecule has 0 fully saturated rings. The van der Waals surface area contributed by atoms with Gasteiger partial charge in [0, 0.05) is 12.4 Å². The Labute approximate surface area is 69.1 Å². The molecule has 58 valence electrons. The van der Waals surface area contributed by atoms with Crippen LogP contribution in [0.15, 0.2) is 24.5 Å². The molecule has 0 unspecified atom stereocenters. The van der Waals surface area contributed by atoms with Gasteiger partial charge in [-0.3, -0.25) is 4.98 Å². The van der Waals surface area contributed by atoms with Crippen LogP contribution >= 0.6 is 12.8 Å². The van der Waals surface area contributed by atoms with Crippen molar-refractivity contribution in [1.82, 2.24) is 9.87 Å². The SMILES string of the molecule is O=C(ONS)c1cccnc1. The zero-order chi connectivity index (χ0) is 8.10. The maximum atomic E-state index is 10.9. The molecule has 4 nitrogen and oxygen atoms in total. The van der Waals surface area contributed by atoms with Crippen molar-refractivity contribution in [1.29, 1.82) is 0 Å². The maximum absolute atomic E-state index is 10.9. The van der Waals surface area contributed by atoms with E-state index in [4.69, 9.17) is 0 Å². The van der Waals surface area contributed by atoms with Crippen LogP contribution in [0.1, 0.15) is 10.4 Å². The molecule has 0 radical (unpaired) electrons. The highest BCUT2D eigenvalue weighted by molar-refractivity contribution is 7.77. The fraction of sp³-hybridized carbons (Fsp3) is 0. The summed E-state index contributed by atoms with van der Waals surface area (Å²) >= 11 is 3.50. The Morgan fingerprint density at radius 3 is 3.09 bits per heavy atom. The molecule has 5 heteroatoms. The van der Waals surface area contributed by atoms with Crippen molar-refractivity contribution in [2.45, 2.75) is 0 Å². The number of carbonyl (C=O) groups excluding carboxylic acids is 1. The number of hydrogen-bond donors (Lipinski definition) is 2.